The standard InChI is InChI=1S/C15H21N3O/c1-19-12-6-7-13-14(10-12)17-15(16-13)11-18-8-4-2-3-5-9-18/h6-7,10H,2-5,8-9,11H2,1H3,(H,16,17). The maximum atomic E-state index is 5.24. The van der Waals surface area contributed by atoms with Crippen molar-refractivity contribution < 1.29 is 4.74 Å². The van der Waals surface area contributed by atoms with Gasteiger partial charge in [-0.2, -0.15) is 0 Å². The molecule has 1 N–H and O–H groups in total. The molecule has 1 aromatic carbocycles. The summed E-state index contributed by atoms with van der Waals surface area (Å²) in [5.74, 6) is 1.93. The van der Waals surface area contributed by atoms with Crippen LogP contribution in [0.5, 0.6) is 5.75 Å². The van der Waals surface area contributed by atoms with Crippen LogP contribution in [-0.4, -0.2) is 35.1 Å². The average Bonchev–Trinajstić information content (AvgIpc) is 2.64. The first-order valence-corrected chi connectivity index (χ1v) is 7.10. The van der Waals surface area contributed by atoms with E-state index in [1.807, 2.05) is 18.2 Å². The van der Waals surface area contributed by atoms with Gasteiger partial charge in [-0.3, -0.25) is 4.90 Å². The van der Waals surface area contributed by atoms with E-state index < -0.39 is 0 Å². The average molecular weight is 259 g/mol. The van der Waals surface area contributed by atoms with Gasteiger partial charge < -0.3 is 9.72 Å². The topological polar surface area (TPSA) is 41.1 Å². The third-order valence-electron chi connectivity index (χ3n) is 3.81. The second-order valence-corrected chi connectivity index (χ2v) is 5.26. The second kappa shape index (κ2) is 5.61. The van der Waals surface area contributed by atoms with Crippen LogP contribution in [0, 0.1) is 0 Å². The molecular formula is C15H21N3O. The number of benzene rings is 1. The van der Waals surface area contributed by atoms with Crippen LogP contribution in [0.1, 0.15) is 31.5 Å². The number of fused-ring (bicyclic) bond motifs is 1. The number of methoxy groups -OCH3 is 1. The summed E-state index contributed by atoms with van der Waals surface area (Å²) < 4.78 is 5.24. The molecule has 2 heterocycles. The lowest BCUT2D eigenvalue weighted by Crippen LogP contribution is -2.24. The summed E-state index contributed by atoms with van der Waals surface area (Å²) in [6.45, 7) is 3.32. The van der Waals surface area contributed by atoms with Crippen LogP contribution in [0.2, 0.25) is 0 Å². The van der Waals surface area contributed by atoms with E-state index in [1.54, 1.807) is 7.11 Å². The van der Waals surface area contributed by atoms with Crippen molar-refractivity contribution in [3.8, 4) is 5.75 Å². The molecule has 102 valence electrons. The van der Waals surface area contributed by atoms with Gasteiger partial charge >= 0.3 is 0 Å². The van der Waals surface area contributed by atoms with Crippen molar-refractivity contribution in [3.63, 3.8) is 0 Å². The van der Waals surface area contributed by atoms with Crippen molar-refractivity contribution in [2.24, 2.45) is 0 Å². The Morgan fingerprint density at radius 2 is 2.00 bits per heavy atom. The number of likely N-dealkylation sites (tertiary alicyclic amines) is 1. The van der Waals surface area contributed by atoms with E-state index in [4.69, 9.17) is 4.74 Å². The first kappa shape index (κ1) is 12.5. The zero-order valence-corrected chi connectivity index (χ0v) is 11.5. The molecule has 1 saturated heterocycles. The van der Waals surface area contributed by atoms with Gasteiger partial charge in [0.1, 0.15) is 11.6 Å². The van der Waals surface area contributed by atoms with Crippen molar-refractivity contribution in [1.29, 1.82) is 0 Å². The van der Waals surface area contributed by atoms with E-state index in [2.05, 4.69) is 14.9 Å². The first-order valence-electron chi connectivity index (χ1n) is 7.10. The minimum Gasteiger partial charge on any atom is -0.497 e. The fraction of sp³-hybridized carbons (Fsp3) is 0.533. The summed E-state index contributed by atoms with van der Waals surface area (Å²) in [5.41, 5.74) is 2.08. The van der Waals surface area contributed by atoms with Gasteiger partial charge in [0.15, 0.2) is 0 Å². The van der Waals surface area contributed by atoms with Crippen molar-refractivity contribution >= 4 is 11.0 Å². The third-order valence-corrected chi connectivity index (χ3v) is 3.81. The van der Waals surface area contributed by atoms with Gasteiger partial charge in [0.2, 0.25) is 0 Å². The Hall–Kier alpha value is -1.55. The first-order chi connectivity index (χ1) is 9.35. The van der Waals surface area contributed by atoms with Crippen molar-refractivity contribution in [1.82, 2.24) is 14.9 Å². The van der Waals surface area contributed by atoms with E-state index >= 15 is 0 Å². The van der Waals surface area contributed by atoms with Crippen LogP contribution in [0.15, 0.2) is 18.2 Å². The van der Waals surface area contributed by atoms with Gasteiger partial charge in [-0.05, 0) is 38.1 Å². The number of imidazole rings is 1. The van der Waals surface area contributed by atoms with E-state index in [0.29, 0.717) is 0 Å². The largest absolute Gasteiger partial charge is 0.497 e. The normalized spacial score (nSPS) is 17.5. The Labute approximate surface area is 113 Å². The fourth-order valence-electron chi connectivity index (χ4n) is 2.75. The van der Waals surface area contributed by atoms with Crippen molar-refractivity contribution in [3.05, 3.63) is 24.0 Å². The Kier molecular flexibility index (Phi) is 3.69. The highest BCUT2D eigenvalue weighted by Crippen LogP contribution is 2.20. The molecule has 0 bridgehead atoms. The molecule has 1 aromatic heterocycles. The molecular weight excluding hydrogens is 238 g/mol. The van der Waals surface area contributed by atoms with Gasteiger partial charge in [0, 0.05) is 6.07 Å². The fourth-order valence-corrected chi connectivity index (χ4v) is 2.75. The van der Waals surface area contributed by atoms with Crippen molar-refractivity contribution in [2.45, 2.75) is 32.2 Å². The van der Waals surface area contributed by atoms with E-state index in [0.717, 1.165) is 29.2 Å². The molecule has 0 unspecified atom stereocenters. The number of nitrogens with zero attached hydrogens (tertiary/aromatic N) is 2. The minimum atomic E-state index is 0.873. The summed E-state index contributed by atoms with van der Waals surface area (Å²) in [5, 5.41) is 0. The highest BCUT2D eigenvalue weighted by Gasteiger charge is 2.12. The molecule has 1 fully saturated rings. The van der Waals surface area contributed by atoms with Crippen LogP contribution in [0.25, 0.3) is 11.0 Å². The molecule has 0 atom stereocenters. The number of aromatic amines is 1. The van der Waals surface area contributed by atoms with Gasteiger partial charge in [0.25, 0.3) is 0 Å². The van der Waals surface area contributed by atoms with E-state index in [9.17, 15) is 0 Å². The van der Waals surface area contributed by atoms with Crippen molar-refractivity contribution in [2.75, 3.05) is 20.2 Å². The number of hydrogen-bond donors (Lipinski definition) is 1. The van der Waals surface area contributed by atoms with Crippen LogP contribution in [-0.2, 0) is 6.54 Å². The lowest BCUT2D eigenvalue weighted by Gasteiger charge is -2.17. The molecule has 0 spiro atoms. The van der Waals surface area contributed by atoms with Crippen LogP contribution < -0.4 is 4.74 Å². The van der Waals surface area contributed by atoms with Crippen LogP contribution in [0.4, 0.5) is 0 Å². The molecule has 1 aliphatic rings. The third kappa shape index (κ3) is 2.89. The predicted molar refractivity (Wildman–Crippen MR) is 76.4 cm³/mol. The SMILES string of the molecule is COc1ccc2nc(CN3CCCCCC3)[nH]c2c1. The van der Waals surface area contributed by atoms with Gasteiger partial charge in [0.05, 0.1) is 24.7 Å². The van der Waals surface area contributed by atoms with Gasteiger partial charge in [-0.1, -0.05) is 12.8 Å². The maximum Gasteiger partial charge on any atom is 0.121 e. The molecule has 3 rings (SSSR count). The van der Waals surface area contributed by atoms with Crippen LogP contribution in [0.3, 0.4) is 0 Å². The van der Waals surface area contributed by atoms with E-state index in [-0.39, 0.29) is 0 Å². The molecule has 19 heavy (non-hydrogen) atoms. The Bertz CT molecular complexity index is 541. The number of hydrogen-bond acceptors (Lipinski definition) is 3. The zero-order valence-electron chi connectivity index (χ0n) is 11.5. The number of H-pyrrole nitrogens is 1. The lowest BCUT2D eigenvalue weighted by atomic mass is 10.2. The van der Waals surface area contributed by atoms with E-state index in [1.165, 1.54) is 38.8 Å². The molecule has 4 heteroatoms. The molecule has 0 aliphatic carbocycles. The Morgan fingerprint density at radius 1 is 1.21 bits per heavy atom. The second-order valence-electron chi connectivity index (χ2n) is 5.26. The quantitative estimate of drug-likeness (QED) is 0.921. The molecule has 0 saturated carbocycles. The lowest BCUT2D eigenvalue weighted by molar-refractivity contribution is 0.271. The maximum absolute atomic E-state index is 5.24. The zero-order chi connectivity index (χ0) is 13.1. The smallest absolute Gasteiger partial charge is 0.121 e. The number of ether oxygens (including phenoxy) is 1. The van der Waals surface area contributed by atoms with Crippen LogP contribution >= 0.6 is 0 Å². The highest BCUT2D eigenvalue weighted by molar-refractivity contribution is 5.76. The monoisotopic (exact) mass is 259 g/mol. The van der Waals surface area contributed by atoms with Gasteiger partial charge in [-0.25, -0.2) is 4.98 Å². The summed E-state index contributed by atoms with van der Waals surface area (Å²) >= 11 is 0. The highest BCUT2D eigenvalue weighted by atomic mass is 16.5. The Morgan fingerprint density at radius 3 is 2.74 bits per heavy atom. The number of nitrogens with one attached hydrogen (secondary N) is 1. The number of rotatable bonds is 3. The molecule has 1 aliphatic heterocycles. The number of aromatic nitrogens is 2. The summed E-state index contributed by atoms with van der Waals surface area (Å²) in [6.07, 6.45) is 5.36. The Balaban J connectivity index is 1.76. The summed E-state index contributed by atoms with van der Waals surface area (Å²) in [7, 11) is 1.69. The predicted octanol–water partition coefficient (Wildman–Crippen LogP) is 2.95. The van der Waals surface area contributed by atoms with Gasteiger partial charge in [-0.15, -0.1) is 0 Å². The molecule has 0 amide bonds. The molecule has 0 radical (unpaired) electrons. The summed E-state index contributed by atoms with van der Waals surface area (Å²) in [4.78, 5) is 10.6. The summed E-state index contributed by atoms with van der Waals surface area (Å²) in [6, 6.07) is 5.98. The molecule has 4 nitrogen and oxygen atoms in total. The molecule has 2 aromatic rings. The minimum absolute atomic E-state index is 0.873.